The molecular formula is C13H13BrCl2N2. The number of hydrogen-bond acceptors (Lipinski definition) is 1. The lowest BCUT2D eigenvalue weighted by Crippen LogP contribution is -1.99. The van der Waals surface area contributed by atoms with Gasteiger partial charge < -0.3 is 9.88 Å². The molecule has 0 aliphatic rings. The SMILES string of the molecule is CCn1ccc(CNc2ccc(Br)c(Cl)c2Cl)c1. The van der Waals surface area contributed by atoms with E-state index in [2.05, 4.69) is 51.2 Å². The molecule has 0 amide bonds. The highest BCUT2D eigenvalue weighted by Crippen LogP contribution is 2.35. The van der Waals surface area contributed by atoms with Crippen LogP contribution in [-0.4, -0.2) is 4.57 Å². The third-order valence-corrected chi connectivity index (χ3v) is 4.47. The van der Waals surface area contributed by atoms with Crippen LogP contribution in [0.15, 0.2) is 35.1 Å². The molecule has 0 saturated heterocycles. The Kier molecular flexibility index (Phi) is 4.60. The van der Waals surface area contributed by atoms with Gasteiger partial charge >= 0.3 is 0 Å². The number of hydrogen-bond donors (Lipinski definition) is 1. The molecule has 1 aromatic carbocycles. The highest BCUT2D eigenvalue weighted by Gasteiger charge is 2.08. The molecule has 0 aliphatic heterocycles. The Labute approximate surface area is 125 Å². The summed E-state index contributed by atoms with van der Waals surface area (Å²) in [5, 5.41) is 4.36. The number of benzene rings is 1. The van der Waals surface area contributed by atoms with Crippen molar-refractivity contribution in [3.8, 4) is 0 Å². The second-order valence-electron chi connectivity index (χ2n) is 3.93. The Balaban J connectivity index is 2.08. The molecule has 0 radical (unpaired) electrons. The molecular weight excluding hydrogens is 335 g/mol. The first kappa shape index (κ1) is 13.8. The molecule has 1 aromatic heterocycles. The summed E-state index contributed by atoms with van der Waals surface area (Å²) >= 11 is 15.6. The van der Waals surface area contributed by atoms with Crippen molar-refractivity contribution >= 4 is 44.8 Å². The van der Waals surface area contributed by atoms with E-state index in [1.807, 2.05) is 12.1 Å². The fraction of sp³-hybridized carbons (Fsp3) is 0.231. The molecule has 2 rings (SSSR count). The molecule has 5 heteroatoms. The zero-order valence-electron chi connectivity index (χ0n) is 9.88. The highest BCUT2D eigenvalue weighted by atomic mass is 79.9. The molecule has 0 fully saturated rings. The van der Waals surface area contributed by atoms with Crippen LogP contribution in [0.25, 0.3) is 0 Å². The molecule has 96 valence electrons. The van der Waals surface area contributed by atoms with E-state index in [1.54, 1.807) is 0 Å². The van der Waals surface area contributed by atoms with Crippen molar-refractivity contribution in [3.05, 3.63) is 50.7 Å². The molecule has 18 heavy (non-hydrogen) atoms. The van der Waals surface area contributed by atoms with Crippen molar-refractivity contribution in [2.45, 2.75) is 20.0 Å². The fourth-order valence-electron chi connectivity index (χ4n) is 1.65. The molecule has 2 aromatic rings. The number of anilines is 1. The smallest absolute Gasteiger partial charge is 0.0835 e. The summed E-state index contributed by atoms with van der Waals surface area (Å²) in [7, 11) is 0. The monoisotopic (exact) mass is 346 g/mol. The van der Waals surface area contributed by atoms with Gasteiger partial charge in [-0.15, -0.1) is 0 Å². The summed E-state index contributed by atoms with van der Waals surface area (Å²) in [5.41, 5.74) is 2.06. The van der Waals surface area contributed by atoms with Gasteiger partial charge in [-0.1, -0.05) is 23.2 Å². The van der Waals surface area contributed by atoms with Crippen LogP contribution in [0.1, 0.15) is 12.5 Å². The van der Waals surface area contributed by atoms with E-state index in [0.29, 0.717) is 10.0 Å². The Hall–Kier alpha value is -0.640. The zero-order chi connectivity index (χ0) is 13.1. The molecule has 1 N–H and O–H groups in total. The summed E-state index contributed by atoms with van der Waals surface area (Å²) in [4.78, 5) is 0. The lowest BCUT2D eigenvalue weighted by Gasteiger charge is -2.09. The third-order valence-electron chi connectivity index (χ3n) is 2.70. The minimum atomic E-state index is 0.535. The van der Waals surface area contributed by atoms with Crippen LogP contribution in [0.3, 0.4) is 0 Å². The average molecular weight is 348 g/mol. The van der Waals surface area contributed by atoms with Crippen molar-refractivity contribution in [2.24, 2.45) is 0 Å². The standard InChI is InChI=1S/C13H13BrCl2N2/c1-2-18-6-5-9(8-18)7-17-11-4-3-10(14)12(15)13(11)16/h3-6,8,17H,2,7H2,1H3. The van der Waals surface area contributed by atoms with Gasteiger partial charge in [0.05, 0.1) is 15.7 Å². The minimum Gasteiger partial charge on any atom is -0.380 e. The maximum absolute atomic E-state index is 6.17. The fourth-order valence-corrected chi connectivity index (χ4v) is 2.49. The van der Waals surface area contributed by atoms with Crippen LogP contribution in [-0.2, 0) is 13.1 Å². The highest BCUT2D eigenvalue weighted by molar-refractivity contribution is 9.10. The predicted octanol–water partition coefficient (Wildman–Crippen LogP) is 5.19. The van der Waals surface area contributed by atoms with Gasteiger partial charge in [-0.05, 0) is 46.6 Å². The summed E-state index contributed by atoms with van der Waals surface area (Å²) < 4.78 is 2.93. The number of aromatic nitrogens is 1. The second-order valence-corrected chi connectivity index (χ2v) is 5.54. The van der Waals surface area contributed by atoms with Gasteiger partial charge in [-0.2, -0.15) is 0 Å². The lowest BCUT2D eigenvalue weighted by atomic mass is 10.3. The molecule has 0 saturated carbocycles. The Morgan fingerprint density at radius 1 is 1.22 bits per heavy atom. The number of rotatable bonds is 4. The molecule has 0 spiro atoms. The number of aryl methyl sites for hydroxylation is 1. The van der Waals surface area contributed by atoms with E-state index in [4.69, 9.17) is 23.2 Å². The van der Waals surface area contributed by atoms with Crippen LogP contribution in [0, 0.1) is 0 Å². The molecule has 0 aliphatic carbocycles. The molecule has 0 unspecified atom stereocenters. The van der Waals surface area contributed by atoms with Gasteiger partial charge in [0.15, 0.2) is 0 Å². The third kappa shape index (κ3) is 3.02. The van der Waals surface area contributed by atoms with Gasteiger partial charge in [-0.25, -0.2) is 0 Å². The van der Waals surface area contributed by atoms with E-state index in [-0.39, 0.29) is 0 Å². The molecule has 2 nitrogen and oxygen atoms in total. The molecule has 0 atom stereocenters. The quantitative estimate of drug-likeness (QED) is 0.753. The average Bonchev–Trinajstić information content (AvgIpc) is 2.83. The Morgan fingerprint density at radius 3 is 2.67 bits per heavy atom. The van der Waals surface area contributed by atoms with Gasteiger partial charge in [0.1, 0.15) is 0 Å². The van der Waals surface area contributed by atoms with Crippen molar-refractivity contribution in [2.75, 3.05) is 5.32 Å². The lowest BCUT2D eigenvalue weighted by molar-refractivity contribution is 0.766. The van der Waals surface area contributed by atoms with Gasteiger partial charge in [0.25, 0.3) is 0 Å². The molecule has 1 heterocycles. The Morgan fingerprint density at radius 2 is 2.00 bits per heavy atom. The van der Waals surface area contributed by atoms with Crippen molar-refractivity contribution < 1.29 is 0 Å². The minimum absolute atomic E-state index is 0.535. The van der Waals surface area contributed by atoms with Crippen molar-refractivity contribution in [1.29, 1.82) is 0 Å². The van der Waals surface area contributed by atoms with Crippen LogP contribution in [0.5, 0.6) is 0 Å². The van der Waals surface area contributed by atoms with E-state index in [0.717, 1.165) is 23.2 Å². The van der Waals surface area contributed by atoms with E-state index < -0.39 is 0 Å². The van der Waals surface area contributed by atoms with Gasteiger partial charge in [0.2, 0.25) is 0 Å². The van der Waals surface area contributed by atoms with Gasteiger partial charge in [-0.3, -0.25) is 0 Å². The number of nitrogens with one attached hydrogen (secondary N) is 1. The van der Waals surface area contributed by atoms with Gasteiger partial charge in [0, 0.05) is 30.0 Å². The number of halogens is 3. The first-order valence-corrected chi connectivity index (χ1v) is 7.18. The van der Waals surface area contributed by atoms with Crippen molar-refractivity contribution in [1.82, 2.24) is 4.57 Å². The predicted molar refractivity (Wildman–Crippen MR) is 81.6 cm³/mol. The maximum Gasteiger partial charge on any atom is 0.0835 e. The summed E-state index contributed by atoms with van der Waals surface area (Å²) in [6.07, 6.45) is 4.18. The second kappa shape index (κ2) is 6.00. The first-order chi connectivity index (χ1) is 8.61. The maximum atomic E-state index is 6.17. The van der Waals surface area contributed by atoms with Crippen LogP contribution in [0.4, 0.5) is 5.69 Å². The van der Waals surface area contributed by atoms with Crippen molar-refractivity contribution in [3.63, 3.8) is 0 Å². The van der Waals surface area contributed by atoms with E-state index in [1.165, 1.54) is 5.56 Å². The first-order valence-electron chi connectivity index (χ1n) is 5.64. The summed E-state index contributed by atoms with van der Waals surface area (Å²) in [6.45, 7) is 3.82. The zero-order valence-corrected chi connectivity index (χ0v) is 13.0. The van der Waals surface area contributed by atoms with Crippen LogP contribution in [0.2, 0.25) is 10.0 Å². The van der Waals surface area contributed by atoms with E-state index >= 15 is 0 Å². The summed E-state index contributed by atoms with van der Waals surface area (Å²) in [5.74, 6) is 0. The molecule has 0 bridgehead atoms. The topological polar surface area (TPSA) is 17.0 Å². The summed E-state index contributed by atoms with van der Waals surface area (Å²) in [6, 6.07) is 5.88. The van der Waals surface area contributed by atoms with Crippen LogP contribution < -0.4 is 5.32 Å². The van der Waals surface area contributed by atoms with E-state index in [9.17, 15) is 0 Å². The number of nitrogens with zero attached hydrogens (tertiary/aromatic N) is 1. The Bertz CT molecular complexity index is 552. The van der Waals surface area contributed by atoms with Crippen LogP contribution >= 0.6 is 39.1 Å². The normalized spacial score (nSPS) is 10.7. The largest absolute Gasteiger partial charge is 0.380 e.